The maximum absolute atomic E-state index is 12.7. The average Bonchev–Trinajstić information content (AvgIpc) is 2.22. The summed E-state index contributed by atoms with van der Waals surface area (Å²) in [5.74, 6) is 0.118. The van der Waals surface area contributed by atoms with Crippen LogP contribution in [0, 0.1) is 5.41 Å². The smallest absolute Gasteiger partial charge is 0.169 e. The van der Waals surface area contributed by atoms with E-state index in [-0.39, 0.29) is 17.5 Å². The molecule has 0 spiro atoms. The van der Waals surface area contributed by atoms with E-state index in [0.717, 1.165) is 12.8 Å². The van der Waals surface area contributed by atoms with Gasteiger partial charge >= 0.3 is 0 Å². The molecule has 0 bridgehead atoms. The standard InChI is InChI=1S/C19H38O3/c1-12-13-14(18(8,9)22-17(5,6)7)21-19(10,11)15(20)16(2,3)4/h14H,12-13H2,1-11H3. The Kier molecular flexibility index (Phi) is 6.87. The van der Waals surface area contributed by atoms with Crippen LogP contribution in [0.3, 0.4) is 0 Å². The first-order valence-electron chi connectivity index (χ1n) is 8.46. The van der Waals surface area contributed by atoms with Gasteiger partial charge in [-0.25, -0.2) is 0 Å². The summed E-state index contributed by atoms with van der Waals surface area (Å²) < 4.78 is 12.5. The molecule has 0 amide bonds. The first-order chi connectivity index (χ1) is 9.53. The Labute approximate surface area is 138 Å². The van der Waals surface area contributed by atoms with E-state index in [1.165, 1.54) is 0 Å². The molecule has 0 aromatic rings. The molecule has 0 rings (SSSR count). The second-order valence-corrected chi connectivity index (χ2v) is 9.30. The third-order valence-corrected chi connectivity index (χ3v) is 3.56. The zero-order valence-electron chi connectivity index (χ0n) is 16.7. The summed E-state index contributed by atoms with van der Waals surface area (Å²) in [5, 5.41) is 0. The minimum absolute atomic E-state index is 0.118. The Morgan fingerprint density at radius 3 is 1.68 bits per heavy atom. The highest BCUT2D eigenvalue weighted by Crippen LogP contribution is 2.33. The zero-order chi connectivity index (χ0) is 18.0. The van der Waals surface area contributed by atoms with Gasteiger partial charge in [0, 0.05) is 5.41 Å². The third-order valence-electron chi connectivity index (χ3n) is 3.56. The van der Waals surface area contributed by atoms with Crippen molar-refractivity contribution < 1.29 is 14.3 Å². The molecule has 132 valence electrons. The van der Waals surface area contributed by atoms with Crippen molar-refractivity contribution in [3.05, 3.63) is 0 Å². The van der Waals surface area contributed by atoms with Crippen molar-refractivity contribution in [2.45, 2.75) is 112 Å². The molecule has 0 aromatic carbocycles. The Morgan fingerprint density at radius 1 is 0.909 bits per heavy atom. The van der Waals surface area contributed by atoms with Crippen LogP contribution in [0.1, 0.15) is 89.0 Å². The molecular formula is C19H38O3. The summed E-state index contributed by atoms with van der Waals surface area (Å²) in [6.45, 7) is 21.9. The first kappa shape index (κ1) is 21.6. The van der Waals surface area contributed by atoms with E-state index in [0.29, 0.717) is 0 Å². The topological polar surface area (TPSA) is 35.5 Å². The van der Waals surface area contributed by atoms with Crippen molar-refractivity contribution in [2.24, 2.45) is 5.41 Å². The quantitative estimate of drug-likeness (QED) is 0.651. The second-order valence-electron chi connectivity index (χ2n) is 9.30. The van der Waals surface area contributed by atoms with Gasteiger partial charge in [0.15, 0.2) is 5.78 Å². The molecule has 1 atom stereocenters. The van der Waals surface area contributed by atoms with E-state index >= 15 is 0 Å². The van der Waals surface area contributed by atoms with Crippen LogP contribution < -0.4 is 0 Å². The molecular weight excluding hydrogens is 276 g/mol. The largest absolute Gasteiger partial charge is 0.367 e. The van der Waals surface area contributed by atoms with E-state index in [4.69, 9.17) is 9.47 Å². The fourth-order valence-electron chi connectivity index (χ4n) is 2.98. The number of ketones is 1. The SMILES string of the molecule is CCCC(OC(C)(C)C(=O)C(C)(C)C)C(C)(C)OC(C)(C)C. The monoisotopic (exact) mass is 314 g/mol. The first-order valence-corrected chi connectivity index (χ1v) is 8.46. The van der Waals surface area contributed by atoms with Crippen LogP contribution in [0.4, 0.5) is 0 Å². The zero-order valence-corrected chi connectivity index (χ0v) is 16.7. The lowest BCUT2D eigenvalue weighted by Gasteiger charge is -2.43. The lowest BCUT2D eigenvalue weighted by atomic mass is 9.81. The summed E-state index contributed by atoms with van der Waals surface area (Å²) in [6, 6.07) is 0. The minimum Gasteiger partial charge on any atom is -0.367 e. The molecule has 3 heteroatoms. The van der Waals surface area contributed by atoms with Crippen LogP contribution in [0.25, 0.3) is 0 Å². The molecule has 0 aliphatic heterocycles. The summed E-state index contributed by atoms with van der Waals surface area (Å²) in [7, 11) is 0. The van der Waals surface area contributed by atoms with Crippen LogP contribution in [0.2, 0.25) is 0 Å². The fourth-order valence-corrected chi connectivity index (χ4v) is 2.98. The number of rotatable bonds is 7. The van der Waals surface area contributed by atoms with Crippen molar-refractivity contribution >= 4 is 5.78 Å². The van der Waals surface area contributed by atoms with Crippen LogP contribution >= 0.6 is 0 Å². The van der Waals surface area contributed by atoms with E-state index in [1.54, 1.807) is 0 Å². The Bertz CT molecular complexity index is 367. The molecule has 0 N–H and O–H groups in total. The molecule has 0 heterocycles. The predicted molar refractivity (Wildman–Crippen MR) is 93.2 cm³/mol. The predicted octanol–water partition coefficient (Wildman–Crippen LogP) is 5.16. The maximum atomic E-state index is 12.7. The van der Waals surface area contributed by atoms with Crippen LogP contribution in [-0.2, 0) is 14.3 Å². The highest BCUT2D eigenvalue weighted by Gasteiger charge is 2.43. The van der Waals surface area contributed by atoms with Crippen LogP contribution in [-0.4, -0.2) is 28.7 Å². The van der Waals surface area contributed by atoms with E-state index in [9.17, 15) is 4.79 Å². The van der Waals surface area contributed by atoms with Gasteiger partial charge in [-0.15, -0.1) is 0 Å². The van der Waals surface area contributed by atoms with Gasteiger partial charge in [-0.2, -0.15) is 0 Å². The van der Waals surface area contributed by atoms with Gasteiger partial charge < -0.3 is 9.47 Å². The lowest BCUT2D eigenvalue weighted by Crippen LogP contribution is -2.52. The molecule has 1 unspecified atom stereocenters. The molecule has 22 heavy (non-hydrogen) atoms. The molecule has 0 aromatic heterocycles. The van der Waals surface area contributed by atoms with Crippen molar-refractivity contribution in [1.82, 2.24) is 0 Å². The molecule has 0 radical (unpaired) electrons. The summed E-state index contributed by atoms with van der Waals surface area (Å²) in [4.78, 5) is 12.7. The third kappa shape index (κ3) is 6.78. The van der Waals surface area contributed by atoms with Crippen molar-refractivity contribution in [2.75, 3.05) is 0 Å². The number of Topliss-reactive ketones (excluding diaryl/α,β-unsaturated/α-hetero) is 1. The van der Waals surface area contributed by atoms with Gasteiger partial charge in [0.2, 0.25) is 0 Å². The summed E-state index contributed by atoms with van der Waals surface area (Å²) in [6.07, 6.45) is 1.73. The van der Waals surface area contributed by atoms with E-state index < -0.39 is 16.6 Å². The van der Waals surface area contributed by atoms with Crippen molar-refractivity contribution in [1.29, 1.82) is 0 Å². The van der Waals surface area contributed by atoms with Crippen molar-refractivity contribution in [3.63, 3.8) is 0 Å². The number of ether oxygens (including phenoxy) is 2. The van der Waals surface area contributed by atoms with Crippen molar-refractivity contribution in [3.8, 4) is 0 Å². The fraction of sp³-hybridized carbons (Fsp3) is 0.947. The van der Waals surface area contributed by atoms with Gasteiger partial charge in [-0.1, -0.05) is 34.1 Å². The average molecular weight is 315 g/mol. The normalized spacial score (nSPS) is 15.8. The van der Waals surface area contributed by atoms with Crippen LogP contribution in [0.5, 0.6) is 0 Å². The molecule has 0 fully saturated rings. The molecule has 0 aliphatic rings. The summed E-state index contributed by atoms with van der Waals surface area (Å²) in [5.41, 5.74) is -1.95. The Morgan fingerprint density at radius 2 is 1.36 bits per heavy atom. The maximum Gasteiger partial charge on any atom is 0.169 e. The number of hydrogen-bond acceptors (Lipinski definition) is 3. The van der Waals surface area contributed by atoms with E-state index in [1.807, 2.05) is 55.4 Å². The summed E-state index contributed by atoms with van der Waals surface area (Å²) >= 11 is 0. The Balaban J connectivity index is 5.32. The van der Waals surface area contributed by atoms with Gasteiger partial charge in [-0.3, -0.25) is 4.79 Å². The number of carbonyl (C=O) groups excluding carboxylic acids is 1. The second kappa shape index (κ2) is 7.00. The lowest BCUT2D eigenvalue weighted by molar-refractivity contribution is -0.212. The molecule has 0 aliphatic carbocycles. The van der Waals surface area contributed by atoms with Gasteiger partial charge in [0.05, 0.1) is 17.3 Å². The molecule has 0 saturated carbocycles. The molecule has 3 nitrogen and oxygen atoms in total. The van der Waals surface area contributed by atoms with Crippen LogP contribution in [0.15, 0.2) is 0 Å². The Hall–Kier alpha value is -0.410. The van der Waals surface area contributed by atoms with Gasteiger partial charge in [-0.05, 0) is 54.9 Å². The number of hydrogen-bond donors (Lipinski definition) is 0. The highest BCUT2D eigenvalue weighted by molar-refractivity contribution is 5.91. The van der Waals surface area contributed by atoms with E-state index in [2.05, 4.69) is 20.8 Å². The highest BCUT2D eigenvalue weighted by atomic mass is 16.6. The van der Waals surface area contributed by atoms with Gasteiger partial charge in [0.1, 0.15) is 5.60 Å². The van der Waals surface area contributed by atoms with Gasteiger partial charge in [0.25, 0.3) is 0 Å². The minimum atomic E-state index is -0.823. The number of carbonyl (C=O) groups is 1. The molecule has 0 saturated heterocycles.